The zero-order chi connectivity index (χ0) is 16.3. The minimum absolute atomic E-state index is 0.293. The minimum atomic E-state index is -3.36. The smallest absolute Gasteiger partial charge is 0.282 e. The van der Waals surface area contributed by atoms with Crippen molar-refractivity contribution in [3.63, 3.8) is 0 Å². The lowest BCUT2D eigenvalue weighted by Crippen LogP contribution is -2.52. The van der Waals surface area contributed by atoms with Gasteiger partial charge < -0.3 is 9.64 Å². The number of hydrogen-bond acceptors (Lipinski definition) is 6. The van der Waals surface area contributed by atoms with Crippen molar-refractivity contribution in [3.05, 3.63) is 18.6 Å². The van der Waals surface area contributed by atoms with Crippen LogP contribution in [0.2, 0.25) is 0 Å². The number of ether oxygens (including phenoxy) is 1. The normalized spacial score (nSPS) is 22.1. The van der Waals surface area contributed by atoms with Crippen LogP contribution in [0.4, 0.5) is 5.82 Å². The molecule has 0 atom stereocenters. The van der Waals surface area contributed by atoms with E-state index in [1.165, 1.54) is 10.6 Å². The fraction of sp³-hybridized carbons (Fsp3) is 0.714. The van der Waals surface area contributed by atoms with E-state index >= 15 is 0 Å². The molecule has 0 unspecified atom stereocenters. The Morgan fingerprint density at radius 1 is 1.17 bits per heavy atom. The molecule has 1 aromatic rings. The van der Waals surface area contributed by atoms with Gasteiger partial charge in [-0.2, -0.15) is 17.0 Å². The van der Waals surface area contributed by atoms with E-state index < -0.39 is 10.2 Å². The van der Waals surface area contributed by atoms with Crippen LogP contribution in [0.1, 0.15) is 12.8 Å². The first kappa shape index (κ1) is 16.6. The maximum Gasteiger partial charge on any atom is 0.282 e. The lowest BCUT2D eigenvalue weighted by atomic mass is 10.1. The van der Waals surface area contributed by atoms with Crippen LogP contribution in [-0.4, -0.2) is 79.5 Å². The summed E-state index contributed by atoms with van der Waals surface area (Å²) in [4.78, 5) is 10.3. The molecule has 2 aliphatic rings. The minimum Gasteiger partial charge on any atom is -0.379 e. The Labute approximate surface area is 137 Å². The number of hydrogen-bond donors (Lipinski definition) is 0. The zero-order valence-corrected chi connectivity index (χ0v) is 14.2. The van der Waals surface area contributed by atoms with E-state index in [0.717, 1.165) is 18.7 Å². The van der Waals surface area contributed by atoms with Crippen molar-refractivity contribution in [3.8, 4) is 0 Å². The second-order valence-electron chi connectivity index (χ2n) is 5.83. The second-order valence-corrected chi connectivity index (χ2v) is 7.76. The zero-order valence-electron chi connectivity index (χ0n) is 13.3. The third-order valence-corrected chi connectivity index (χ3v) is 6.56. The summed E-state index contributed by atoms with van der Waals surface area (Å²) in [6.07, 6.45) is 4.84. The van der Waals surface area contributed by atoms with Gasteiger partial charge in [-0.15, -0.1) is 0 Å². The van der Waals surface area contributed by atoms with E-state index in [1.807, 2.05) is 13.1 Å². The Morgan fingerprint density at radius 2 is 1.83 bits per heavy atom. The second kappa shape index (κ2) is 7.08. The van der Waals surface area contributed by atoms with E-state index in [4.69, 9.17) is 4.74 Å². The lowest BCUT2D eigenvalue weighted by molar-refractivity contribution is 0.0696. The molecular weight excluding hydrogens is 318 g/mol. The van der Waals surface area contributed by atoms with Crippen LogP contribution in [0.25, 0.3) is 0 Å². The summed E-state index contributed by atoms with van der Waals surface area (Å²) < 4.78 is 33.7. The molecule has 0 N–H and O–H groups in total. The summed E-state index contributed by atoms with van der Waals surface area (Å²) in [6, 6.07) is 2.16. The van der Waals surface area contributed by atoms with Crippen LogP contribution >= 0.6 is 0 Å². The summed E-state index contributed by atoms with van der Waals surface area (Å²) in [5, 5.41) is 0. The molecule has 9 heteroatoms. The average molecular weight is 341 g/mol. The van der Waals surface area contributed by atoms with Crippen molar-refractivity contribution in [2.45, 2.75) is 18.9 Å². The van der Waals surface area contributed by atoms with Gasteiger partial charge in [0.2, 0.25) is 0 Å². The summed E-state index contributed by atoms with van der Waals surface area (Å²) in [5.74, 6) is 0.870. The third kappa shape index (κ3) is 3.63. The Bertz CT molecular complexity index is 598. The molecule has 0 radical (unpaired) electrons. The van der Waals surface area contributed by atoms with Crippen molar-refractivity contribution in [1.82, 2.24) is 18.6 Å². The number of rotatable bonds is 4. The molecular formula is C14H23N5O3S. The van der Waals surface area contributed by atoms with Gasteiger partial charge in [0.15, 0.2) is 0 Å². The summed E-state index contributed by atoms with van der Waals surface area (Å²) in [7, 11) is -1.36. The van der Waals surface area contributed by atoms with E-state index in [2.05, 4.69) is 14.9 Å². The van der Waals surface area contributed by atoms with Crippen molar-refractivity contribution in [2.75, 3.05) is 51.3 Å². The molecule has 3 heterocycles. The fourth-order valence-corrected chi connectivity index (χ4v) is 4.69. The highest BCUT2D eigenvalue weighted by atomic mass is 32.2. The molecule has 2 saturated heterocycles. The van der Waals surface area contributed by atoms with Crippen LogP contribution in [-0.2, 0) is 14.9 Å². The first-order valence-electron chi connectivity index (χ1n) is 7.91. The van der Waals surface area contributed by atoms with Crippen LogP contribution < -0.4 is 4.90 Å². The summed E-state index contributed by atoms with van der Waals surface area (Å²) >= 11 is 0. The molecule has 3 rings (SSSR count). The predicted molar refractivity (Wildman–Crippen MR) is 86.3 cm³/mol. The van der Waals surface area contributed by atoms with Gasteiger partial charge in [-0.1, -0.05) is 0 Å². The topological polar surface area (TPSA) is 78.9 Å². The maximum absolute atomic E-state index is 12.6. The molecule has 8 nitrogen and oxygen atoms in total. The van der Waals surface area contributed by atoms with Crippen molar-refractivity contribution in [2.24, 2.45) is 0 Å². The van der Waals surface area contributed by atoms with E-state index in [1.54, 1.807) is 10.5 Å². The molecule has 23 heavy (non-hydrogen) atoms. The molecule has 128 valence electrons. The Hall–Kier alpha value is -1.29. The Morgan fingerprint density at radius 3 is 2.43 bits per heavy atom. The monoisotopic (exact) mass is 341 g/mol. The average Bonchev–Trinajstić information content (AvgIpc) is 2.63. The highest BCUT2D eigenvalue weighted by Crippen LogP contribution is 2.23. The summed E-state index contributed by atoms with van der Waals surface area (Å²) in [6.45, 7) is 2.93. The summed E-state index contributed by atoms with van der Waals surface area (Å²) in [5.41, 5.74) is 0. The number of anilines is 1. The molecule has 0 amide bonds. The van der Waals surface area contributed by atoms with Crippen LogP contribution in [0.5, 0.6) is 0 Å². The molecule has 0 aromatic carbocycles. The fourth-order valence-electron chi connectivity index (χ4n) is 3.08. The molecule has 1 aromatic heterocycles. The third-order valence-electron chi connectivity index (χ3n) is 4.52. The molecule has 0 saturated carbocycles. The van der Waals surface area contributed by atoms with E-state index in [0.29, 0.717) is 45.4 Å². The van der Waals surface area contributed by atoms with Gasteiger partial charge in [-0.25, -0.2) is 9.97 Å². The van der Waals surface area contributed by atoms with Crippen molar-refractivity contribution < 1.29 is 13.2 Å². The molecule has 2 aliphatic heterocycles. The molecule has 0 bridgehead atoms. The van der Waals surface area contributed by atoms with Crippen LogP contribution in [0, 0.1) is 0 Å². The Kier molecular flexibility index (Phi) is 5.10. The number of aromatic nitrogens is 2. The standard InChI is InChI=1S/C14H23N5O3S/c1-17(14-2-5-15-12-16-14)13-3-6-18(7-4-13)23(20,21)19-8-10-22-11-9-19/h2,5,12-13H,3-4,6-11H2,1H3. The van der Waals surface area contributed by atoms with Gasteiger partial charge in [0.25, 0.3) is 10.2 Å². The number of nitrogens with zero attached hydrogens (tertiary/aromatic N) is 5. The first-order chi connectivity index (χ1) is 11.1. The van der Waals surface area contributed by atoms with Crippen molar-refractivity contribution in [1.29, 1.82) is 0 Å². The number of morpholine rings is 1. The van der Waals surface area contributed by atoms with Gasteiger partial charge in [0.1, 0.15) is 12.1 Å². The first-order valence-corrected chi connectivity index (χ1v) is 9.30. The van der Waals surface area contributed by atoms with Gasteiger partial charge in [-0.05, 0) is 18.9 Å². The highest BCUT2D eigenvalue weighted by molar-refractivity contribution is 7.86. The lowest BCUT2D eigenvalue weighted by Gasteiger charge is -2.39. The predicted octanol–water partition coefficient (Wildman–Crippen LogP) is -0.0458. The van der Waals surface area contributed by atoms with Crippen LogP contribution in [0.3, 0.4) is 0 Å². The largest absolute Gasteiger partial charge is 0.379 e. The van der Waals surface area contributed by atoms with E-state index in [9.17, 15) is 8.42 Å². The molecule has 2 fully saturated rings. The SMILES string of the molecule is CN(c1ccncn1)C1CCN(S(=O)(=O)N2CCOCC2)CC1. The molecule has 0 aliphatic carbocycles. The molecule has 0 spiro atoms. The van der Waals surface area contributed by atoms with Crippen LogP contribution in [0.15, 0.2) is 18.6 Å². The van der Waals surface area contributed by atoms with Gasteiger partial charge >= 0.3 is 0 Å². The Balaban J connectivity index is 1.59. The van der Waals surface area contributed by atoms with Gasteiger partial charge in [0, 0.05) is 45.5 Å². The highest BCUT2D eigenvalue weighted by Gasteiger charge is 2.34. The van der Waals surface area contributed by atoms with Gasteiger partial charge in [0.05, 0.1) is 13.2 Å². The van der Waals surface area contributed by atoms with E-state index in [-0.39, 0.29) is 0 Å². The number of piperidine rings is 1. The maximum atomic E-state index is 12.6. The van der Waals surface area contributed by atoms with Gasteiger partial charge in [-0.3, -0.25) is 0 Å². The van der Waals surface area contributed by atoms with Crippen molar-refractivity contribution >= 4 is 16.0 Å². The quantitative estimate of drug-likeness (QED) is 0.764.